The number of para-hydroxylation sites is 2. The van der Waals surface area contributed by atoms with Crippen LogP contribution in [-0.4, -0.2) is 22.7 Å². The van der Waals surface area contributed by atoms with Gasteiger partial charge in [0.05, 0.1) is 13.0 Å². The van der Waals surface area contributed by atoms with Crippen molar-refractivity contribution in [3.05, 3.63) is 59.4 Å². The SMILES string of the molecule is CCOc1ccccc1OC(=O)CCc1nc(-c2ccc(Cl)cc2)no1. The lowest BCUT2D eigenvalue weighted by Crippen LogP contribution is -2.10. The van der Waals surface area contributed by atoms with E-state index in [4.69, 9.17) is 25.6 Å². The van der Waals surface area contributed by atoms with Crippen molar-refractivity contribution in [3.8, 4) is 22.9 Å². The standard InChI is InChI=1S/C19H17ClN2O4/c1-2-24-15-5-3-4-6-16(15)25-18(23)12-11-17-21-19(22-26-17)13-7-9-14(20)10-8-13/h3-10H,2,11-12H2,1H3. The van der Waals surface area contributed by atoms with Crippen LogP contribution in [0.1, 0.15) is 19.2 Å². The minimum Gasteiger partial charge on any atom is -0.490 e. The molecule has 134 valence electrons. The Kier molecular flexibility index (Phi) is 5.86. The maximum Gasteiger partial charge on any atom is 0.311 e. The summed E-state index contributed by atoms with van der Waals surface area (Å²) in [6.45, 7) is 2.36. The van der Waals surface area contributed by atoms with Crippen LogP contribution in [0.15, 0.2) is 53.1 Å². The Balaban J connectivity index is 1.58. The fourth-order valence-electron chi connectivity index (χ4n) is 2.26. The fourth-order valence-corrected chi connectivity index (χ4v) is 2.39. The maximum absolute atomic E-state index is 12.1. The number of carbonyl (C=O) groups excluding carboxylic acids is 1. The molecule has 1 aromatic heterocycles. The molecule has 3 aromatic rings. The molecule has 0 saturated carbocycles. The van der Waals surface area contributed by atoms with Gasteiger partial charge in [-0.2, -0.15) is 4.98 Å². The molecule has 0 aliphatic rings. The number of carbonyl (C=O) groups is 1. The van der Waals surface area contributed by atoms with Gasteiger partial charge in [0.25, 0.3) is 0 Å². The van der Waals surface area contributed by atoms with E-state index in [9.17, 15) is 4.79 Å². The lowest BCUT2D eigenvalue weighted by atomic mass is 10.2. The molecule has 6 nitrogen and oxygen atoms in total. The molecule has 0 unspecified atom stereocenters. The number of ether oxygens (including phenoxy) is 2. The number of rotatable bonds is 7. The van der Waals surface area contributed by atoms with E-state index in [2.05, 4.69) is 10.1 Å². The van der Waals surface area contributed by atoms with Crippen LogP contribution in [0.2, 0.25) is 5.02 Å². The maximum atomic E-state index is 12.1. The van der Waals surface area contributed by atoms with Gasteiger partial charge in [-0.05, 0) is 43.3 Å². The lowest BCUT2D eigenvalue weighted by molar-refractivity contribution is -0.134. The number of halogens is 1. The van der Waals surface area contributed by atoms with Gasteiger partial charge in [0.15, 0.2) is 11.5 Å². The number of hydrogen-bond donors (Lipinski definition) is 0. The van der Waals surface area contributed by atoms with Crippen molar-refractivity contribution in [1.29, 1.82) is 0 Å². The number of aromatic nitrogens is 2. The molecule has 1 heterocycles. The van der Waals surface area contributed by atoms with Gasteiger partial charge < -0.3 is 14.0 Å². The molecular weight excluding hydrogens is 356 g/mol. The number of hydrogen-bond acceptors (Lipinski definition) is 6. The highest BCUT2D eigenvalue weighted by molar-refractivity contribution is 6.30. The number of benzene rings is 2. The Hall–Kier alpha value is -2.86. The molecule has 2 aromatic carbocycles. The molecule has 0 amide bonds. The van der Waals surface area contributed by atoms with Crippen molar-refractivity contribution in [2.24, 2.45) is 0 Å². The summed E-state index contributed by atoms with van der Waals surface area (Å²) in [6, 6.07) is 14.1. The van der Waals surface area contributed by atoms with Crippen LogP contribution in [0.25, 0.3) is 11.4 Å². The summed E-state index contributed by atoms with van der Waals surface area (Å²) < 4.78 is 16.0. The monoisotopic (exact) mass is 372 g/mol. The van der Waals surface area contributed by atoms with E-state index in [0.29, 0.717) is 34.8 Å². The van der Waals surface area contributed by atoms with Crippen LogP contribution >= 0.6 is 11.6 Å². The van der Waals surface area contributed by atoms with Crippen molar-refractivity contribution in [2.45, 2.75) is 19.8 Å². The molecule has 0 bridgehead atoms. The second kappa shape index (κ2) is 8.49. The van der Waals surface area contributed by atoms with Gasteiger partial charge in [0, 0.05) is 17.0 Å². The third kappa shape index (κ3) is 4.61. The van der Waals surface area contributed by atoms with E-state index in [-0.39, 0.29) is 12.8 Å². The summed E-state index contributed by atoms with van der Waals surface area (Å²) >= 11 is 5.86. The topological polar surface area (TPSA) is 74.5 Å². The Morgan fingerprint density at radius 2 is 1.85 bits per heavy atom. The van der Waals surface area contributed by atoms with E-state index >= 15 is 0 Å². The minimum atomic E-state index is -0.400. The van der Waals surface area contributed by atoms with Crippen molar-refractivity contribution in [3.63, 3.8) is 0 Å². The first-order valence-electron chi connectivity index (χ1n) is 8.16. The predicted molar refractivity (Wildman–Crippen MR) is 96.3 cm³/mol. The molecule has 0 aliphatic heterocycles. The first kappa shape index (κ1) is 17.9. The Morgan fingerprint density at radius 1 is 1.12 bits per heavy atom. The summed E-state index contributed by atoms with van der Waals surface area (Å²) in [4.78, 5) is 16.4. The lowest BCUT2D eigenvalue weighted by Gasteiger charge is -2.09. The zero-order valence-corrected chi connectivity index (χ0v) is 14.9. The smallest absolute Gasteiger partial charge is 0.311 e. The summed E-state index contributed by atoms with van der Waals surface area (Å²) in [5, 5.41) is 4.55. The van der Waals surface area contributed by atoms with Crippen LogP contribution in [0.3, 0.4) is 0 Å². The van der Waals surface area contributed by atoms with Crippen molar-refractivity contribution >= 4 is 17.6 Å². The minimum absolute atomic E-state index is 0.114. The van der Waals surface area contributed by atoms with E-state index in [1.165, 1.54) is 0 Å². The zero-order chi connectivity index (χ0) is 18.4. The summed E-state index contributed by atoms with van der Waals surface area (Å²) in [7, 11) is 0. The molecule has 26 heavy (non-hydrogen) atoms. The summed E-state index contributed by atoms with van der Waals surface area (Å²) in [5.41, 5.74) is 0.789. The largest absolute Gasteiger partial charge is 0.490 e. The predicted octanol–water partition coefficient (Wildman–Crippen LogP) is 4.33. The van der Waals surface area contributed by atoms with Gasteiger partial charge >= 0.3 is 5.97 Å². The van der Waals surface area contributed by atoms with E-state index in [1.54, 1.807) is 42.5 Å². The van der Waals surface area contributed by atoms with Crippen molar-refractivity contribution in [1.82, 2.24) is 10.1 Å². The number of esters is 1. The molecule has 3 rings (SSSR count). The summed E-state index contributed by atoms with van der Waals surface area (Å²) in [5.74, 6) is 1.35. The molecule has 0 radical (unpaired) electrons. The second-order valence-electron chi connectivity index (χ2n) is 5.37. The quantitative estimate of drug-likeness (QED) is 0.454. The Bertz CT molecular complexity index is 877. The van der Waals surface area contributed by atoms with Crippen LogP contribution < -0.4 is 9.47 Å². The molecule has 0 atom stereocenters. The molecule has 0 aliphatic carbocycles. The zero-order valence-electron chi connectivity index (χ0n) is 14.1. The molecule has 0 spiro atoms. The van der Waals surface area contributed by atoms with Crippen molar-refractivity contribution < 1.29 is 18.8 Å². The average Bonchev–Trinajstić information content (AvgIpc) is 3.11. The van der Waals surface area contributed by atoms with Crippen LogP contribution in [0, 0.1) is 0 Å². The molecule has 7 heteroatoms. The van der Waals surface area contributed by atoms with Gasteiger partial charge in [0.1, 0.15) is 0 Å². The number of nitrogens with zero attached hydrogens (tertiary/aromatic N) is 2. The Morgan fingerprint density at radius 3 is 2.58 bits per heavy atom. The van der Waals surface area contributed by atoms with E-state index in [0.717, 1.165) is 5.56 Å². The molecule has 0 fully saturated rings. The van der Waals surface area contributed by atoms with Gasteiger partial charge in [-0.3, -0.25) is 4.79 Å². The van der Waals surface area contributed by atoms with Gasteiger partial charge in [0.2, 0.25) is 11.7 Å². The molecule has 0 N–H and O–H groups in total. The fraction of sp³-hybridized carbons (Fsp3) is 0.211. The Labute approximate surface area is 155 Å². The normalized spacial score (nSPS) is 10.5. The van der Waals surface area contributed by atoms with E-state index in [1.807, 2.05) is 13.0 Å². The van der Waals surface area contributed by atoms with E-state index < -0.39 is 5.97 Å². The molecule has 0 saturated heterocycles. The third-order valence-electron chi connectivity index (χ3n) is 3.49. The number of aryl methyl sites for hydroxylation is 1. The highest BCUT2D eigenvalue weighted by Gasteiger charge is 2.13. The molecular formula is C19H17ClN2O4. The average molecular weight is 373 g/mol. The second-order valence-corrected chi connectivity index (χ2v) is 5.81. The van der Waals surface area contributed by atoms with Crippen LogP contribution in [-0.2, 0) is 11.2 Å². The highest BCUT2D eigenvalue weighted by Crippen LogP contribution is 2.27. The van der Waals surface area contributed by atoms with Gasteiger partial charge in [-0.1, -0.05) is 28.9 Å². The van der Waals surface area contributed by atoms with Crippen LogP contribution in [0.4, 0.5) is 0 Å². The third-order valence-corrected chi connectivity index (χ3v) is 3.74. The first-order chi connectivity index (χ1) is 12.7. The van der Waals surface area contributed by atoms with Crippen LogP contribution in [0.5, 0.6) is 11.5 Å². The van der Waals surface area contributed by atoms with Crippen molar-refractivity contribution in [2.75, 3.05) is 6.61 Å². The van der Waals surface area contributed by atoms with Gasteiger partial charge in [-0.25, -0.2) is 0 Å². The van der Waals surface area contributed by atoms with Gasteiger partial charge in [-0.15, -0.1) is 0 Å². The first-order valence-corrected chi connectivity index (χ1v) is 8.54. The summed E-state index contributed by atoms with van der Waals surface area (Å²) in [6.07, 6.45) is 0.402. The highest BCUT2D eigenvalue weighted by atomic mass is 35.5.